The van der Waals surface area contributed by atoms with E-state index < -0.39 is 0 Å². The molecule has 0 amide bonds. The highest BCUT2D eigenvalue weighted by Crippen LogP contribution is 2.19. The normalized spacial score (nSPS) is 16.6. The van der Waals surface area contributed by atoms with Gasteiger partial charge in [-0.3, -0.25) is 19.1 Å². The van der Waals surface area contributed by atoms with E-state index in [1.165, 1.54) is 12.3 Å². The Morgan fingerprint density at radius 1 is 1.13 bits per heavy atom. The predicted octanol–water partition coefficient (Wildman–Crippen LogP) is 0.854. The maximum absolute atomic E-state index is 11.7. The van der Waals surface area contributed by atoms with E-state index in [0.29, 0.717) is 5.92 Å². The number of hydrogen-bond acceptors (Lipinski definition) is 4. The Balaban J connectivity index is 1.56. The van der Waals surface area contributed by atoms with Crippen LogP contribution in [0.1, 0.15) is 18.5 Å². The van der Waals surface area contributed by atoms with E-state index in [0.717, 1.165) is 44.7 Å². The van der Waals surface area contributed by atoms with Crippen molar-refractivity contribution >= 4 is 0 Å². The molecule has 0 aromatic carbocycles. The zero-order chi connectivity index (χ0) is 16.2. The Morgan fingerprint density at radius 3 is 2.65 bits per heavy atom. The van der Waals surface area contributed by atoms with Gasteiger partial charge in [-0.1, -0.05) is 6.07 Å². The zero-order valence-electron chi connectivity index (χ0n) is 13.4. The highest BCUT2D eigenvalue weighted by Gasteiger charge is 2.20. The number of piperidine rings is 1. The number of pyridine rings is 1. The van der Waals surface area contributed by atoms with Crippen LogP contribution in [0, 0.1) is 5.92 Å². The van der Waals surface area contributed by atoms with Gasteiger partial charge in [-0.2, -0.15) is 0 Å². The molecule has 2 aromatic rings. The third-order valence-electron chi connectivity index (χ3n) is 4.63. The molecule has 0 aliphatic carbocycles. The summed E-state index contributed by atoms with van der Waals surface area (Å²) in [5, 5.41) is 0. The molecule has 0 spiro atoms. The molecule has 23 heavy (non-hydrogen) atoms. The molecule has 0 unspecified atom stereocenters. The van der Waals surface area contributed by atoms with Crippen molar-refractivity contribution in [3.05, 3.63) is 63.2 Å². The smallest absolute Gasteiger partial charge is 0.253 e. The SMILES string of the molecule is Cn1c(CN2CCC(Cn3cnccc3=O)CC2)cccc1=O. The molecule has 0 radical (unpaired) electrons. The molecule has 0 bridgehead atoms. The van der Waals surface area contributed by atoms with Gasteiger partial charge in [-0.15, -0.1) is 0 Å². The van der Waals surface area contributed by atoms with Crippen LogP contribution in [0.3, 0.4) is 0 Å². The van der Waals surface area contributed by atoms with Crippen LogP contribution in [0.2, 0.25) is 0 Å². The van der Waals surface area contributed by atoms with Gasteiger partial charge in [0, 0.05) is 44.2 Å². The van der Waals surface area contributed by atoms with Gasteiger partial charge in [-0.25, -0.2) is 4.98 Å². The number of hydrogen-bond donors (Lipinski definition) is 0. The number of likely N-dealkylation sites (tertiary alicyclic amines) is 1. The molecule has 6 heteroatoms. The number of aromatic nitrogens is 3. The molecule has 1 saturated heterocycles. The molecule has 3 rings (SSSR count). The average Bonchev–Trinajstić information content (AvgIpc) is 2.56. The highest BCUT2D eigenvalue weighted by molar-refractivity contribution is 5.06. The summed E-state index contributed by atoms with van der Waals surface area (Å²) in [5.74, 6) is 0.507. The molecule has 2 aromatic heterocycles. The maximum atomic E-state index is 11.7. The summed E-state index contributed by atoms with van der Waals surface area (Å²) in [7, 11) is 1.82. The van der Waals surface area contributed by atoms with E-state index in [9.17, 15) is 9.59 Å². The summed E-state index contributed by atoms with van der Waals surface area (Å²) in [6, 6.07) is 6.91. The first-order chi connectivity index (χ1) is 11.1. The van der Waals surface area contributed by atoms with E-state index >= 15 is 0 Å². The molecule has 0 saturated carbocycles. The van der Waals surface area contributed by atoms with Crippen LogP contribution < -0.4 is 11.1 Å². The largest absolute Gasteiger partial charge is 0.314 e. The summed E-state index contributed by atoms with van der Waals surface area (Å²) in [4.78, 5) is 29.8. The third-order valence-corrected chi connectivity index (χ3v) is 4.63. The second-order valence-electron chi connectivity index (χ2n) is 6.20. The lowest BCUT2D eigenvalue weighted by Crippen LogP contribution is -2.37. The first kappa shape index (κ1) is 15.7. The first-order valence-electron chi connectivity index (χ1n) is 8.01. The monoisotopic (exact) mass is 314 g/mol. The topological polar surface area (TPSA) is 60.1 Å². The second-order valence-corrected chi connectivity index (χ2v) is 6.20. The minimum absolute atomic E-state index is 0.0155. The lowest BCUT2D eigenvalue weighted by atomic mass is 9.96. The highest BCUT2D eigenvalue weighted by atomic mass is 16.1. The summed E-state index contributed by atoms with van der Waals surface area (Å²) >= 11 is 0. The standard InChI is InChI=1S/C17H22N4O2/c1-19-15(3-2-4-16(19)22)12-20-9-6-14(7-10-20)11-21-13-18-8-5-17(21)23/h2-5,8,13-14H,6-7,9-12H2,1H3. The lowest BCUT2D eigenvalue weighted by Gasteiger charge is -2.32. The molecule has 1 aliphatic rings. The predicted molar refractivity (Wildman–Crippen MR) is 88.2 cm³/mol. The van der Waals surface area contributed by atoms with E-state index in [1.807, 2.05) is 19.2 Å². The van der Waals surface area contributed by atoms with E-state index in [4.69, 9.17) is 0 Å². The van der Waals surface area contributed by atoms with Gasteiger partial charge in [0.1, 0.15) is 0 Å². The molecule has 1 fully saturated rings. The van der Waals surface area contributed by atoms with Gasteiger partial charge < -0.3 is 4.57 Å². The van der Waals surface area contributed by atoms with Crippen molar-refractivity contribution in [2.24, 2.45) is 13.0 Å². The molecule has 0 atom stereocenters. The third kappa shape index (κ3) is 3.76. The van der Waals surface area contributed by atoms with Gasteiger partial charge in [0.2, 0.25) is 5.56 Å². The molecule has 122 valence electrons. The Kier molecular flexibility index (Phi) is 4.71. The fourth-order valence-corrected chi connectivity index (χ4v) is 3.12. The Bertz CT molecular complexity index is 772. The molecule has 3 heterocycles. The Hall–Kier alpha value is -2.21. The van der Waals surface area contributed by atoms with Gasteiger partial charge >= 0.3 is 0 Å². The molecule has 1 aliphatic heterocycles. The fraction of sp³-hybridized carbons (Fsp3) is 0.471. The lowest BCUT2D eigenvalue weighted by molar-refractivity contribution is 0.163. The summed E-state index contributed by atoms with van der Waals surface area (Å²) in [5.41, 5.74) is 1.09. The van der Waals surface area contributed by atoms with Crippen LogP contribution in [0.5, 0.6) is 0 Å². The maximum Gasteiger partial charge on any atom is 0.253 e. The van der Waals surface area contributed by atoms with Crippen molar-refractivity contribution in [1.29, 1.82) is 0 Å². The summed E-state index contributed by atoms with van der Waals surface area (Å²) in [6.07, 6.45) is 5.27. The van der Waals surface area contributed by atoms with Crippen molar-refractivity contribution in [3.63, 3.8) is 0 Å². The Labute approximate surface area is 135 Å². The molecule has 6 nitrogen and oxygen atoms in total. The van der Waals surface area contributed by atoms with Crippen LogP contribution in [0.15, 0.2) is 46.4 Å². The van der Waals surface area contributed by atoms with Gasteiger partial charge in [0.15, 0.2) is 0 Å². The van der Waals surface area contributed by atoms with E-state index in [1.54, 1.807) is 21.5 Å². The number of nitrogens with zero attached hydrogens (tertiary/aromatic N) is 4. The zero-order valence-corrected chi connectivity index (χ0v) is 13.4. The minimum atomic E-state index is 0.0155. The number of rotatable bonds is 4. The summed E-state index contributed by atoms with van der Waals surface area (Å²) < 4.78 is 3.41. The minimum Gasteiger partial charge on any atom is -0.314 e. The molecular formula is C17H22N4O2. The second kappa shape index (κ2) is 6.91. The Morgan fingerprint density at radius 2 is 1.91 bits per heavy atom. The summed E-state index contributed by atoms with van der Waals surface area (Å²) in [6.45, 7) is 3.52. The average molecular weight is 314 g/mol. The van der Waals surface area contributed by atoms with Gasteiger partial charge in [-0.05, 0) is 37.9 Å². The fourth-order valence-electron chi connectivity index (χ4n) is 3.12. The van der Waals surface area contributed by atoms with Crippen LogP contribution in [-0.2, 0) is 20.1 Å². The van der Waals surface area contributed by atoms with Crippen LogP contribution in [0.4, 0.5) is 0 Å². The molecule has 0 N–H and O–H groups in total. The van der Waals surface area contributed by atoms with Crippen molar-refractivity contribution < 1.29 is 0 Å². The first-order valence-corrected chi connectivity index (χ1v) is 8.01. The van der Waals surface area contributed by atoms with Crippen molar-refractivity contribution in [2.75, 3.05) is 13.1 Å². The van der Waals surface area contributed by atoms with Gasteiger partial charge in [0.25, 0.3) is 5.56 Å². The van der Waals surface area contributed by atoms with Crippen molar-refractivity contribution in [3.8, 4) is 0 Å². The van der Waals surface area contributed by atoms with Crippen molar-refractivity contribution in [2.45, 2.75) is 25.9 Å². The van der Waals surface area contributed by atoms with E-state index in [-0.39, 0.29) is 11.1 Å². The quantitative estimate of drug-likeness (QED) is 0.839. The van der Waals surface area contributed by atoms with Crippen molar-refractivity contribution in [1.82, 2.24) is 19.0 Å². The van der Waals surface area contributed by atoms with E-state index in [2.05, 4.69) is 9.88 Å². The van der Waals surface area contributed by atoms with Crippen LogP contribution >= 0.6 is 0 Å². The van der Waals surface area contributed by atoms with Gasteiger partial charge in [0.05, 0.1) is 6.33 Å². The molecular weight excluding hydrogens is 292 g/mol. The van der Waals surface area contributed by atoms with Crippen LogP contribution in [0.25, 0.3) is 0 Å². The van der Waals surface area contributed by atoms with Crippen LogP contribution in [-0.4, -0.2) is 32.1 Å².